The molecule has 0 spiro atoms. The topological polar surface area (TPSA) is 23.8 Å². The van der Waals surface area contributed by atoms with Crippen LogP contribution in [-0.4, -0.2) is 0 Å². The average molecular weight is 300 g/mol. The van der Waals surface area contributed by atoms with Gasteiger partial charge in [-0.25, -0.2) is 0 Å². The Morgan fingerprint density at radius 1 is 1.14 bits per heavy atom. The van der Waals surface area contributed by atoms with Crippen LogP contribution in [0.5, 0.6) is 0 Å². The number of rotatable bonds is 2. The molecule has 22 heavy (non-hydrogen) atoms. The van der Waals surface area contributed by atoms with E-state index in [-0.39, 0.29) is 0 Å². The van der Waals surface area contributed by atoms with Crippen LogP contribution in [0, 0.1) is 29.1 Å². The number of hydrogen-bond acceptors (Lipinski definition) is 1. The lowest BCUT2D eigenvalue weighted by atomic mass is 9.75. The van der Waals surface area contributed by atoms with Gasteiger partial charge in [-0.2, -0.15) is 5.26 Å². The quantitative estimate of drug-likeness (QED) is 0.565. The molecule has 2 rings (SSSR count). The fourth-order valence-electron chi connectivity index (χ4n) is 4.07. The van der Waals surface area contributed by atoms with Gasteiger partial charge in [-0.15, -0.1) is 0 Å². The molecular weight excluding hydrogens is 266 g/mol. The summed E-state index contributed by atoms with van der Waals surface area (Å²) >= 11 is 0. The first-order valence-corrected chi connectivity index (χ1v) is 9.43. The molecule has 2 aliphatic rings. The van der Waals surface area contributed by atoms with Gasteiger partial charge in [0.15, 0.2) is 0 Å². The first-order valence-electron chi connectivity index (χ1n) is 9.43. The molecule has 0 aromatic heterocycles. The molecule has 1 heteroatoms. The molecule has 0 saturated heterocycles. The highest BCUT2D eigenvalue weighted by Gasteiger charge is 2.25. The van der Waals surface area contributed by atoms with Gasteiger partial charge in [-0.3, -0.25) is 0 Å². The van der Waals surface area contributed by atoms with Crippen molar-refractivity contribution < 1.29 is 0 Å². The maximum Gasteiger partial charge on any atom is 0.0950 e. The predicted octanol–water partition coefficient (Wildman–Crippen LogP) is 6.57. The van der Waals surface area contributed by atoms with Crippen molar-refractivity contribution in [3.8, 4) is 6.07 Å². The van der Waals surface area contributed by atoms with Gasteiger partial charge in [0.25, 0.3) is 0 Å². The van der Waals surface area contributed by atoms with Crippen LogP contribution < -0.4 is 0 Å². The van der Waals surface area contributed by atoms with Crippen LogP contribution in [-0.2, 0) is 0 Å². The summed E-state index contributed by atoms with van der Waals surface area (Å²) in [4.78, 5) is 0. The molecule has 122 valence electrons. The van der Waals surface area contributed by atoms with Gasteiger partial charge >= 0.3 is 0 Å². The third kappa shape index (κ3) is 4.73. The molecule has 0 N–H and O–H groups in total. The zero-order valence-electron chi connectivity index (χ0n) is 14.8. The van der Waals surface area contributed by atoms with Crippen molar-refractivity contribution in [3.05, 3.63) is 22.8 Å². The molecule has 0 heterocycles. The van der Waals surface area contributed by atoms with Crippen molar-refractivity contribution in [2.24, 2.45) is 17.8 Å². The molecule has 1 nitrogen and oxygen atoms in total. The summed E-state index contributed by atoms with van der Waals surface area (Å²) < 4.78 is 0. The molecule has 0 fully saturated rings. The monoisotopic (exact) mass is 299 g/mol. The first-order chi connectivity index (χ1) is 10.6. The zero-order valence-corrected chi connectivity index (χ0v) is 14.8. The number of nitrogens with zero attached hydrogens (tertiary/aromatic N) is 1. The maximum absolute atomic E-state index is 9.71. The summed E-state index contributed by atoms with van der Waals surface area (Å²) in [5, 5.41) is 9.71. The lowest BCUT2D eigenvalue weighted by Gasteiger charge is -2.30. The Bertz CT molecular complexity index is 461. The summed E-state index contributed by atoms with van der Waals surface area (Å²) in [5.74, 6) is 2.20. The van der Waals surface area contributed by atoms with Crippen molar-refractivity contribution >= 4 is 0 Å². The highest BCUT2D eigenvalue weighted by molar-refractivity contribution is 5.42. The van der Waals surface area contributed by atoms with Gasteiger partial charge in [-0.05, 0) is 80.3 Å². The first kappa shape index (κ1) is 17.3. The average Bonchev–Trinajstić information content (AvgIpc) is 2.43. The SMILES string of the molecule is CC1CCC(C#N)=C(C2=CCCCCCC2)CC(C(C)C)C1. The smallest absolute Gasteiger partial charge is 0.0950 e. The summed E-state index contributed by atoms with van der Waals surface area (Å²) in [6, 6.07) is 2.57. The molecule has 0 aromatic carbocycles. The highest BCUT2D eigenvalue weighted by atomic mass is 14.3. The lowest BCUT2D eigenvalue weighted by Crippen LogP contribution is -2.18. The molecular formula is C21H33N. The van der Waals surface area contributed by atoms with E-state index in [0.29, 0.717) is 5.92 Å². The van der Waals surface area contributed by atoms with E-state index >= 15 is 0 Å². The van der Waals surface area contributed by atoms with E-state index in [9.17, 15) is 5.26 Å². The molecule has 0 aliphatic heterocycles. The minimum absolute atomic E-state index is 0.713. The third-order valence-electron chi connectivity index (χ3n) is 5.68. The van der Waals surface area contributed by atoms with E-state index < -0.39 is 0 Å². The summed E-state index contributed by atoms with van der Waals surface area (Å²) in [7, 11) is 0. The van der Waals surface area contributed by atoms with E-state index in [0.717, 1.165) is 30.3 Å². The van der Waals surface area contributed by atoms with Crippen LogP contribution >= 0.6 is 0 Å². The molecule has 0 radical (unpaired) electrons. The van der Waals surface area contributed by atoms with Gasteiger partial charge in [0, 0.05) is 5.57 Å². The second kappa shape index (κ2) is 8.56. The van der Waals surface area contributed by atoms with E-state index in [1.165, 1.54) is 62.5 Å². The number of hydrogen-bond donors (Lipinski definition) is 0. The van der Waals surface area contributed by atoms with Crippen molar-refractivity contribution in [1.82, 2.24) is 0 Å². The third-order valence-corrected chi connectivity index (χ3v) is 5.68. The second-order valence-corrected chi connectivity index (χ2v) is 7.84. The normalized spacial score (nSPS) is 28.2. The molecule has 0 amide bonds. The number of allylic oxidation sites excluding steroid dienone is 4. The van der Waals surface area contributed by atoms with Gasteiger partial charge in [-0.1, -0.05) is 39.7 Å². The minimum Gasteiger partial charge on any atom is -0.193 e. The van der Waals surface area contributed by atoms with Crippen LogP contribution in [0.4, 0.5) is 0 Å². The van der Waals surface area contributed by atoms with E-state index in [4.69, 9.17) is 0 Å². The van der Waals surface area contributed by atoms with Crippen LogP contribution in [0.3, 0.4) is 0 Å². The predicted molar refractivity (Wildman–Crippen MR) is 94.4 cm³/mol. The van der Waals surface area contributed by atoms with Gasteiger partial charge in [0.1, 0.15) is 0 Å². The zero-order chi connectivity index (χ0) is 15.9. The Kier molecular flexibility index (Phi) is 6.74. The second-order valence-electron chi connectivity index (χ2n) is 7.84. The standard InChI is InChI=1S/C21H33N/c1-16(2)20-13-17(3)11-12-19(15-22)21(14-20)18-9-7-5-4-6-8-10-18/h9,16-17,20H,4-8,10-14H2,1-3H3. The van der Waals surface area contributed by atoms with Crippen LogP contribution in [0.2, 0.25) is 0 Å². The fraction of sp³-hybridized carbons (Fsp3) is 0.762. The largest absolute Gasteiger partial charge is 0.193 e. The Hall–Kier alpha value is -1.03. The molecule has 2 aliphatic carbocycles. The maximum atomic E-state index is 9.71. The van der Waals surface area contributed by atoms with Crippen LogP contribution in [0.25, 0.3) is 0 Å². The fourth-order valence-corrected chi connectivity index (χ4v) is 4.07. The highest BCUT2D eigenvalue weighted by Crippen LogP contribution is 2.38. The summed E-state index contributed by atoms with van der Waals surface area (Å²) in [6.45, 7) is 7.08. The molecule has 0 bridgehead atoms. The minimum atomic E-state index is 0.713. The van der Waals surface area contributed by atoms with Gasteiger partial charge in [0.05, 0.1) is 6.07 Å². The summed E-state index contributed by atoms with van der Waals surface area (Å²) in [5.41, 5.74) is 4.07. The van der Waals surface area contributed by atoms with Crippen molar-refractivity contribution in [3.63, 3.8) is 0 Å². The molecule has 0 aromatic rings. The van der Waals surface area contributed by atoms with Gasteiger partial charge < -0.3 is 0 Å². The molecule has 2 unspecified atom stereocenters. The van der Waals surface area contributed by atoms with Crippen LogP contribution in [0.15, 0.2) is 22.8 Å². The van der Waals surface area contributed by atoms with E-state index in [1.54, 1.807) is 0 Å². The summed E-state index contributed by atoms with van der Waals surface area (Å²) in [6.07, 6.45) is 14.9. The van der Waals surface area contributed by atoms with Crippen molar-refractivity contribution in [2.45, 2.75) is 85.0 Å². The molecule has 2 atom stereocenters. The Morgan fingerprint density at radius 2 is 1.91 bits per heavy atom. The Balaban J connectivity index is 2.32. The van der Waals surface area contributed by atoms with Gasteiger partial charge in [0.2, 0.25) is 0 Å². The van der Waals surface area contributed by atoms with Crippen molar-refractivity contribution in [2.75, 3.05) is 0 Å². The lowest BCUT2D eigenvalue weighted by molar-refractivity contribution is 0.290. The van der Waals surface area contributed by atoms with E-state index in [1.807, 2.05) is 0 Å². The van der Waals surface area contributed by atoms with E-state index in [2.05, 4.69) is 32.9 Å². The Morgan fingerprint density at radius 3 is 2.64 bits per heavy atom. The van der Waals surface area contributed by atoms with Crippen molar-refractivity contribution in [1.29, 1.82) is 5.26 Å². The number of nitriles is 1. The van der Waals surface area contributed by atoms with Crippen LogP contribution in [0.1, 0.15) is 85.0 Å². The Labute approximate surface area is 137 Å². The molecule has 0 saturated carbocycles.